The second kappa shape index (κ2) is 20.0. The predicted molar refractivity (Wildman–Crippen MR) is 139 cm³/mol. The number of benzene rings is 2. The molecular weight excluding hydrogens is 429 g/mol. The van der Waals surface area contributed by atoms with E-state index in [1.807, 2.05) is 89.1 Å². The third-order valence-electron chi connectivity index (χ3n) is 3.95. The van der Waals surface area contributed by atoms with Crippen LogP contribution >= 0.6 is 0 Å². The van der Waals surface area contributed by atoms with Gasteiger partial charge in [0, 0.05) is 6.07 Å². The third kappa shape index (κ3) is 11.3. The van der Waals surface area contributed by atoms with Gasteiger partial charge in [0.05, 0.1) is 27.6 Å². The van der Waals surface area contributed by atoms with E-state index in [9.17, 15) is 4.79 Å². The molecule has 0 aliphatic heterocycles. The van der Waals surface area contributed by atoms with Gasteiger partial charge in [-0.15, -0.1) is 0 Å². The number of esters is 1. The quantitative estimate of drug-likeness (QED) is 0.246. The maximum atomic E-state index is 12.0. The molecule has 0 amide bonds. The van der Waals surface area contributed by atoms with Gasteiger partial charge in [0.15, 0.2) is 0 Å². The fourth-order valence-electron chi connectivity index (χ4n) is 2.52. The molecule has 34 heavy (non-hydrogen) atoms. The van der Waals surface area contributed by atoms with Crippen LogP contribution in [0.25, 0.3) is 5.57 Å². The van der Waals surface area contributed by atoms with Gasteiger partial charge in [-0.3, -0.25) is 0 Å². The van der Waals surface area contributed by atoms with Crippen LogP contribution in [0, 0.1) is 0 Å². The van der Waals surface area contributed by atoms with Gasteiger partial charge in [0.2, 0.25) is 0 Å². The van der Waals surface area contributed by atoms with E-state index in [4.69, 9.17) is 18.9 Å². The second-order valence-electron chi connectivity index (χ2n) is 5.91. The molecule has 0 aliphatic rings. The van der Waals surface area contributed by atoms with Gasteiger partial charge in [0.25, 0.3) is 0 Å². The molecule has 1 aromatic heterocycles. The normalized spacial score (nSPS) is 9.32. The van der Waals surface area contributed by atoms with E-state index in [1.54, 1.807) is 25.5 Å². The molecular formula is C27H36BNO5. The maximum absolute atomic E-state index is 12.0. The molecule has 0 spiro atoms. The molecule has 0 saturated carbocycles. The van der Waals surface area contributed by atoms with Crippen molar-refractivity contribution in [2.75, 3.05) is 21.3 Å². The van der Waals surface area contributed by atoms with E-state index < -0.39 is 5.97 Å². The van der Waals surface area contributed by atoms with Crippen molar-refractivity contribution in [3.05, 3.63) is 90.2 Å². The Labute approximate surface area is 204 Å². The number of hydrogen-bond acceptors (Lipinski definition) is 6. The number of ether oxygens (including phenoxy) is 4. The Morgan fingerprint density at radius 1 is 0.941 bits per heavy atom. The summed E-state index contributed by atoms with van der Waals surface area (Å²) >= 11 is 0. The van der Waals surface area contributed by atoms with Crippen LogP contribution in [-0.4, -0.2) is 39.2 Å². The van der Waals surface area contributed by atoms with Crippen molar-refractivity contribution < 1.29 is 23.7 Å². The second-order valence-corrected chi connectivity index (χ2v) is 5.91. The van der Waals surface area contributed by atoms with Crippen molar-refractivity contribution in [3.8, 4) is 11.5 Å². The summed E-state index contributed by atoms with van der Waals surface area (Å²) in [6.07, 6.45) is 4.87. The molecule has 0 N–H and O–H groups in total. The van der Waals surface area contributed by atoms with Gasteiger partial charge in [-0.25, -0.2) is 4.79 Å². The van der Waals surface area contributed by atoms with Crippen molar-refractivity contribution >= 4 is 18.5 Å². The summed E-state index contributed by atoms with van der Waals surface area (Å²) in [5.41, 5.74) is 1.88. The first-order valence-corrected chi connectivity index (χ1v) is 11.2. The van der Waals surface area contributed by atoms with Crippen molar-refractivity contribution in [1.82, 2.24) is 4.98 Å². The van der Waals surface area contributed by atoms with Gasteiger partial charge in [-0.1, -0.05) is 58.0 Å². The summed E-state index contributed by atoms with van der Waals surface area (Å²) in [4.78, 5) is 15.8. The topological polar surface area (TPSA) is 66.9 Å². The number of carbonyl (C=O) groups excluding carboxylic acids is 1. The van der Waals surface area contributed by atoms with Gasteiger partial charge >= 0.3 is 42.2 Å². The summed E-state index contributed by atoms with van der Waals surface area (Å²) < 4.78 is 20.8. The van der Waals surface area contributed by atoms with E-state index >= 15 is 0 Å². The van der Waals surface area contributed by atoms with Crippen LogP contribution in [0.5, 0.6) is 11.5 Å². The van der Waals surface area contributed by atoms with Crippen LogP contribution in [0.4, 0.5) is 0 Å². The number of nitrogens with zero attached hydrogens (tertiary/aromatic N) is 1. The number of rotatable bonds is 7. The summed E-state index contributed by atoms with van der Waals surface area (Å²) in [6, 6.07) is 16.7. The zero-order chi connectivity index (χ0) is 25.6. The molecule has 0 bridgehead atoms. The predicted octanol–water partition coefficient (Wildman–Crippen LogP) is 5.91. The Hall–Kier alpha value is -3.61. The summed E-state index contributed by atoms with van der Waals surface area (Å²) in [7, 11) is 4.42. The number of hydrogen-bond donors (Lipinski definition) is 0. The molecule has 3 aromatic rings. The van der Waals surface area contributed by atoms with E-state index in [2.05, 4.69) is 4.98 Å². The molecule has 3 rings (SSSR count). The van der Waals surface area contributed by atoms with Crippen LogP contribution in [0.1, 0.15) is 38.8 Å². The molecule has 0 unspecified atom stereocenters. The molecule has 0 saturated heterocycles. The summed E-state index contributed by atoms with van der Waals surface area (Å²) in [5.74, 6) is 2.87. The zero-order valence-corrected chi connectivity index (χ0v) is 21.3. The standard InChI is InChI=1S/C19H20O5.C4H4BN.2C2H6/c1-21-13-18(19(20)23-3)17-10-5-4-7-14(17)12-24-16-9-6-8-15(11-16)22-2;1-2-5-4-6-3-1;2*1-2/h4-11,13H,12H2,1-3H3;1-4H;2*1-2H3/b18-13+;;;. The molecule has 2 aromatic carbocycles. The Morgan fingerprint density at radius 2 is 1.65 bits per heavy atom. The molecule has 0 aliphatic carbocycles. The Kier molecular flexibility index (Phi) is 17.9. The van der Waals surface area contributed by atoms with Crippen molar-refractivity contribution in [3.63, 3.8) is 0 Å². The monoisotopic (exact) mass is 465 g/mol. The van der Waals surface area contributed by atoms with E-state index in [-0.39, 0.29) is 0 Å². The van der Waals surface area contributed by atoms with E-state index in [1.165, 1.54) is 20.5 Å². The molecule has 0 atom stereocenters. The van der Waals surface area contributed by atoms with Crippen LogP contribution in [0.15, 0.2) is 79.1 Å². The van der Waals surface area contributed by atoms with Gasteiger partial charge < -0.3 is 18.9 Å². The fourth-order valence-corrected chi connectivity index (χ4v) is 2.52. The fraction of sp³-hybridized carbons (Fsp3) is 0.296. The molecule has 1 heterocycles. The number of aromatic nitrogens is 1. The number of methoxy groups -OCH3 is 3. The Morgan fingerprint density at radius 3 is 2.18 bits per heavy atom. The molecule has 7 heteroatoms. The van der Waals surface area contributed by atoms with Gasteiger partial charge in [0.1, 0.15) is 23.7 Å². The average molecular weight is 465 g/mol. The SMILES string of the molecule is CC.CC.CO/C=C(/C(=O)OC)c1ccccc1COc1cccc(OC)c1.b1cccnc1. The molecule has 6 nitrogen and oxygen atoms in total. The molecule has 0 fully saturated rings. The molecule has 0 radical (unpaired) electrons. The first-order valence-electron chi connectivity index (χ1n) is 11.2. The van der Waals surface area contributed by atoms with Crippen LogP contribution in [0.2, 0.25) is 0 Å². The van der Waals surface area contributed by atoms with Crippen LogP contribution in [-0.2, 0) is 20.9 Å². The zero-order valence-electron chi connectivity index (χ0n) is 21.3. The minimum atomic E-state index is -0.467. The molecule has 182 valence electrons. The van der Waals surface area contributed by atoms with Crippen molar-refractivity contribution in [2.24, 2.45) is 0 Å². The van der Waals surface area contributed by atoms with Crippen molar-refractivity contribution in [2.45, 2.75) is 34.3 Å². The van der Waals surface area contributed by atoms with Crippen LogP contribution < -0.4 is 9.47 Å². The first kappa shape index (κ1) is 30.4. The Bertz CT molecular complexity index is 922. The summed E-state index contributed by atoms with van der Waals surface area (Å²) in [5, 5.41) is 0. The van der Waals surface area contributed by atoms with Crippen LogP contribution in [0.3, 0.4) is 0 Å². The van der Waals surface area contributed by atoms with Gasteiger partial charge in [-0.05, 0) is 23.3 Å². The van der Waals surface area contributed by atoms with E-state index in [0.717, 1.165) is 11.3 Å². The third-order valence-corrected chi connectivity index (χ3v) is 3.95. The first-order chi connectivity index (χ1) is 16.7. The van der Waals surface area contributed by atoms with Gasteiger partial charge in [-0.2, -0.15) is 0 Å². The number of carbonyl (C=O) groups is 1. The minimum absolute atomic E-state index is 0.293. The average Bonchev–Trinajstić information content (AvgIpc) is 2.94. The van der Waals surface area contributed by atoms with E-state index in [0.29, 0.717) is 23.5 Å². The Balaban J connectivity index is 0.000000916. The van der Waals surface area contributed by atoms with Crippen molar-refractivity contribution in [1.29, 1.82) is 0 Å². The summed E-state index contributed by atoms with van der Waals surface area (Å²) in [6.45, 7) is 10.2.